The Morgan fingerprint density at radius 1 is 1.09 bits per heavy atom. The molecule has 0 saturated heterocycles. The quantitative estimate of drug-likeness (QED) is 0.495. The van der Waals surface area contributed by atoms with Crippen LogP contribution in [0, 0.1) is 5.82 Å². The summed E-state index contributed by atoms with van der Waals surface area (Å²) in [6, 6.07) is 13.5. The number of benzene rings is 2. The lowest BCUT2D eigenvalue weighted by molar-refractivity contribution is -0.139. The van der Waals surface area contributed by atoms with E-state index in [9.17, 15) is 14.0 Å². The Morgan fingerprint density at radius 3 is 2.38 bits per heavy atom. The molecule has 0 bridgehead atoms. The summed E-state index contributed by atoms with van der Waals surface area (Å²) in [7, 11) is 1.60. The second kappa shape index (κ2) is 13.1. The van der Waals surface area contributed by atoms with Gasteiger partial charge in [0.25, 0.3) is 0 Å². The van der Waals surface area contributed by atoms with Crippen LogP contribution in [-0.4, -0.2) is 41.7 Å². The molecule has 32 heavy (non-hydrogen) atoms. The number of carbonyl (C=O) groups excluding carboxylic acids is 2. The number of nitrogens with one attached hydrogen (secondary N) is 1. The van der Waals surface area contributed by atoms with Gasteiger partial charge in [-0.3, -0.25) is 9.59 Å². The van der Waals surface area contributed by atoms with Crippen molar-refractivity contribution < 1.29 is 18.7 Å². The minimum absolute atomic E-state index is 0.0323. The first-order valence-electron chi connectivity index (χ1n) is 10.9. The van der Waals surface area contributed by atoms with Crippen LogP contribution in [0.2, 0.25) is 0 Å². The maximum Gasteiger partial charge on any atom is 0.243 e. The third-order valence-electron chi connectivity index (χ3n) is 5.34. The number of amides is 2. The van der Waals surface area contributed by atoms with E-state index in [2.05, 4.69) is 5.32 Å². The molecule has 174 valence electrons. The minimum atomic E-state index is -0.576. The maximum atomic E-state index is 13.9. The topological polar surface area (TPSA) is 58.6 Å². The molecule has 0 heterocycles. The molecule has 0 aliphatic carbocycles. The Bertz CT molecular complexity index is 876. The molecule has 1 N–H and O–H groups in total. The van der Waals surface area contributed by atoms with Crippen molar-refractivity contribution in [2.75, 3.05) is 12.9 Å². The molecule has 2 rings (SSSR count). The van der Waals surface area contributed by atoms with Gasteiger partial charge in [0.1, 0.15) is 17.6 Å². The van der Waals surface area contributed by atoms with Crippen molar-refractivity contribution in [3.05, 3.63) is 65.5 Å². The van der Waals surface area contributed by atoms with Crippen LogP contribution in [0.15, 0.2) is 48.5 Å². The van der Waals surface area contributed by atoms with Gasteiger partial charge in [-0.05, 0) is 49.1 Å². The van der Waals surface area contributed by atoms with Crippen LogP contribution in [-0.2, 0) is 21.9 Å². The van der Waals surface area contributed by atoms with Crippen LogP contribution in [0.5, 0.6) is 5.75 Å². The number of thioether (sulfide) groups is 1. The van der Waals surface area contributed by atoms with E-state index in [1.807, 2.05) is 45.0 Å². The van der Waals surface area contributed by atoms with Gasteiger partial charge in [-0.25, -0.2) is 4.39 Å². The lowest BCUT2D eigenvalue weighted by Gasteiger charge is -2.31. The molecule has 0 aliphatic rings. The van der Waals surface area contributed by atoms with E-state index in [1.54, 1.807) is 30.2 Å². The highest BCUT2D eigenvalue weighted by molar-refractivity contribution is 7.99. The van der Waals surface area contributed by atoms with Gasteiger partial charge in [0.05, 0.1) is 12.9 Å². The predicted molar refractivity (Wildman–Crippen MR) is 128 cm³/mol. The summed E-state index contributed by atoms with van der Waals surface area (Å²) in [6.07, 6.45) is 1.31. The largest absolute Gasteiger partial charge is 0.497 e. The van der Waals surface area contributed by atoms with Gasteiger partial charge in [-0.15, -0.1) is 11.8 Å². The molecule has 0 aliphatic heterocycles. The first kappa shape index (κ1) is 25.7. The van der Waals surface area contributed by atoms with Gasteiger partial charge < -0.3 is 15.0 Å². The third-order valence-corrected chi connectivity index (χ3v) is 6.31. The lowest BCUT2D eigenvalue weighted by Crippen LogP contribution is -2.51. The number of carbonyl (C=O) groups is 2. The smallest absolute Gasteiger partial charge is 0.243 e. The van der Waals surface area contributed by atoms with Crippen LogP contribution in [0.4, 0.5) is 4.39 Å². The zero-order chi connectivity index (χ0) is 23.5. The number of hydrogen-bond acceptors (Lipinski definition) is 4. The summed E-state index contributed by atoms with van der Waals surface area (Å²) in [5.74, 6) is 0.717. The van der Waals surface area contributed by atoms with Crippen molar-refractivity contribution in [3.8, 4) is 5.75 Å². The van der Waals surface area contributed by atoms with Crippen molar-refractivity contribution in [2.24, 2.45) is 0 Å². The lowest BCUT2D eigenvalue weighted by atomic mass is 10.1. The van der Waals surface area contributed by atoms with E-state index in [1.165, 1.54) is 17.8 Å². The van der Waals surface area contributed by atoms with Crippen molar-refractivity contribution in [1.82, 2.24) is 10.2 Å². The van der Waals surface area contributed by atoms with Gasteiger partial charge in [0.15, 0.2) is 0 Å². The normalized spacial score (nSPS) is 12.7. The summed E-state index contributed by atoms with van der Waals surface area (Å²) in [6.45, 7) is 6.17. The van der Waals surface area contributed by atoms with Gasteiger partial charge in [0.2, 0.25) is 11.8 Å². The Labute approximate surface area is 194 Å². The van der Waals surface area contributed by atoms with Crippen molar-refractivity contribution in [2.45, 2.75) is 58.0 Å². The number of nitrogens with zero attached hydrogens (tertiary/aromatic N) is 1. The van der Waals surface area contributed by atoms with Crippen molar-refractivity contribution >= 4 is 23.6 Å². The number of rotatable bonds is 12. The van der Waals surface area contributed by atoms with E-state index < -0.39 is 6.04 Å². The monoisotopic (exact) mass is 460 g/mol. The molecule has 0 spiro atoms. The third kappa shape index (κ3) is 7.55. The van der Waals surface area contributed by atoms with E-state index >= 15 is 0 Å². The summed E-state index contributed by atoms with van der Waals surface area (Å²) in [4.78, 5) is 27.8. The van der Waals surface area contributed by atoms with Crippen LogP contribution in [0.1, 0.15) is 44.7 Å². The molecule has 0 saturated carbocycles. The molecule has 2 atom stereocenters. The molecule has 2 aromatic carbocycles. The molecule has 5 nitrogen and oxygen atoms in total. The van der Waals surface area contributed by atoms with Gasteiger partial charge in [-0.1, -0.05) is 44.2 Å². The minimum Gasteiger partial charge on any atom is -0.497 e. The van der Waals surface area contributed by atoms with Crippen LogP contribution in [0.3, 0.4) is 0 Å². The van der Waals surface area contributed by atoms with Crippen LogP contribution < -0.4 is 10.1 Å². The first-order chi connectivity index (χ1) is 15.4. The van der Waals surface area contributed by atoms with Gasteiger partial charge in [0, 0.05) is 18.3 Å². The molecule has 2 unspecified atom stereocenters. The fourth-order valence-corrected chi connectivity index (χ4v) is 4.13. The molecule has 0 fully saturated rings. The summed E-state index contributed by atoms with van der Waals surface area (Å²) < 4.78 is 19.1. The highest BCUT2D eigenvalue weighted by Gasteiger charge is 2.29. The van der Waals surface area contributed by atoms with Crippen molar-refractivity contribution in [3.63, 3.8) is 0 Å². The van der Waals surface area contributed by atoms with E-state index in [4.69, 9.17) is 4.74 Å². The van der Waals surface area contributed by atoms with E-state index in [0.717, 1.165) is 17.7 Å². The fraction of sp³-hybridized carbons (Fsp3) is 0.440. The predicted octanol–water partition coefficient (Wildman–Crippen LogP) is 4.79. The van der Waals surface area contributed by atoms with Crippen LogP contribution >= 0.6 is 11.8 Å². The summed E-state index contributed by atoms with van der Waals surface area (Å²) in [5.41, 5.74) is 1.47. The number of ether oxygens (including phenoxy) is 1. The highest BCUT2D eigenvalue weighted by Crippen LogP contribution is 2.20. The average molecular weight is 461 g/mol. The molecular weight excluding hydrogens is 427 g/mol. The SMILES string of the molecule is CCC(C)NC(=O)C(CC)N(Cc1ccc(OC)cc1)C(=O)CSCc1ccccc1F. The number of halogens is 1. The fourth-order valence-electron chi connectivity index (χ4n) is 3.23. The molecule has 2 amide bonds. The Hall–Kier alpha value is -2.54. The van der Waals surface area contributed by atoms with E-state index in [0.29, 0.717) is 24.3 Å². The molecule has 0 radical (unpaired) electrons. The first-order valence-corrected chi connectivity index (χ1v) is 12.1. The molecule has 7 heteroatoms. The van der Waals surface area contributed by atoms with Gasteiger partial charge >= 0.3 is 0 Å². The second-order valence-electron chi connectivity index (χ2n) is 7.70. The standard InChI is InChI=1S/C25H33FN2O3S/c1-5-18(3)27-25(30)23(6-2)28(15-19-11-13-21(31-4)14-12-19)24(29)17-32-16-20-9-7-8-10-22(20)26/h7-14,18,23H,5-6,15-17H2,1-4H3,(H,27,30). The Morgan fingerprint density at radius 2 is 1.78 bits per heavy atom. The Kier molecular flexibility index (Phi) is 10.5. The maximum absolute atomic E-state index is 13.9. The molecule has 0 aromatic heterocycles. The molecule has 2 aromatic rings. The number of hydrogen-bond donors (Lipinski definition) is 1. The molecular formula is C25H33FN2O3S. The zero-order valence-corrected chi connectivity index (χ0v) is 20.1. The summed E-state index contributed by atoms with van der Waals surface area (Å²) in [5, 5.41) is 3.00. The number of methoxy groups -OCH3 is 1. The van der Waals surface area contributed by atoms with Crippen molar-refractivity contribution in [1.29, 1.82) is 0 Å². The van der Waals surface area contributed by atoms with Crippen LogP contribution in [0.25, 0.3) is 0 Å². The van der Waals surface area contributed by atoms with Gasteiger partial charge in [-0.2, -0.15) is 0 Å². The summed E-state index contributed by atoms with van der Waals surface area (Å²) >= 11 is 1.35. The average Bonchev–Trinajstić information content (AvgIpc) is 2.80. The zero-order valence-electron chi connectivity index (χ0n) is 19.3. The Balaban J connectivity index is 2.15. The van der Waals surface area contributed by atoms with E-state index in [-0.39, 0.29) is 29.4 Å². The highest BCUT2D eigenvalue weighted by atomic mass is 32.2. The second-order valence-corrected chi connectivity index (χ2v) is 8.68.